The van der Waals surface area contributed by atoms with Crippen molar-refractivity contribution in [2.75, 3.05) is 0 Å². The van der Waals surface area contributed by atoms with Crippen molar-refractivity contribution in [2.24, 2.45) is 0 Å². The molecule has 0 aliphatic rings. The Balaban J connectivity index is 2.72. The number of aromatic nitrogens is 2. The second-order valence-electron chi connectivity index (χ2n) is 3.89. The normalized spacial score (nSPS) is 10.4. The van der Waals surface area contributed by atoms with E-state index < -0.39 is 11.7 Å². The summed E-state index contributed by atoms with van der Waals surface area (Å²) in [6.45, 7) is 2.14. The zero-order valence-corrected chi connectivity index (χ0v) is 11.7. The molecule has 6 heteroatoms. The fourth-order valence-electron chi connectivity index (χ4n) is 1.73. The van der Waals surface area contributed by atoms with Gasteiger partial charge >= 0.3 is 11.7 Å². The lowest BCUT2D eigenvalue weighted by atomic mass is 10.1. The van der Waals surface area contributed by atoms with Crippen molar-refractivity contribution in [2.45, 2.75) is 13.5 Å². The molecule has 0 aliphatic carbocycles. The standard InChI is InChI=1S/C13H11BrN2O3/c1-2-16-7-10(12(17)18)11(15-13(16)19)8-4-3-5-9(14)6-8/h3-7H,2H2,1H3,(H,17,18). The first-order valence-corrected chi connectivity index (χ1v) is 6.43. The van der Waals surface area contributed by atoms with Crippen LogP contribution in [-0.2, 0) is 6.54 Å². The van der Waals surface area contributed by atoms with Gasteiger partial charge in [-0.3, -0.25) is 4.57 Å². The quantitative estimate of drug-likeness (QED) is 0.941. The molecule has 0 spiro atoms. The SMILES string of the molecule is CCn1cc(C(=O)O)c(-c2cccc(Br)c2)nc1=O. The lowest BCUT2D eigenvalue weighted by Crippen LogP contribution is -2.24. The van der Waals surface area contributed by atoms with Crippen molar-refractivity contribution in [1.82, 2.24) is 9.55 Å². The third-order valence-electron chi connectivity index (χ3n) is 2.66. The lowest BCUT2D eigenvalue weighted by molar-refractivity contribution is 0.0696. The number of nitrogens with zero attached hydrogens (tertiary/aromatic N) is 2. The minimum Gasteiger partial charge on any atom is -0.478 e. The first-order valence-electron chi connectivity index (χ1n) is 5.63. The fourth-order valence-corrected chi connectivity index (χ4v) is 2.13. The second-order valence-corrected chi connectivity index (χ2v) is 4.80. The third kappa shape index (κ3) is 2.73. The van der Waals surface area contributed by atoms with Crippen LogP contribution in [0.4, 0.5) is 0 Å². The van der Waals surface area contributed by atoms with Crippen molar-refractivity contribution in [3.63, 3.8) is 0 Å². The van der Waals surface area contributed by atoms with Crippen LogP contribution in [0.5, 0.6) is 0 Å². The number of hydrogen-bond acceptors (Lipinski definition) is 3. The van der Waals surface area contributed by atoms with Crippen molar-refractivity contribution >= 4 is 21.9 Å². The number of aryl methyl sites for hydroxylation is 1. The summed E-state index contributed by atoms with van der Waals surface area (Å²) in [7, 11) is 0. The highest BCUT2D eigenvalue weighted by Crippen LogP contribution is 2.23. The van der Waals surface area contributed by atoms with E-state index >= 15 is 0 Å². The number of aromatic carboxylic acids is 1. The van der Waals surface area contributed by atoms with E-state index in [1.54, 1.807) is 25.1 Å². The van der Waals surface area contributed by atoms with E-state index in [2.05, 4.69) is 20.9 Å². The number of carboxylic acid groups (broad SMARTS) is 1. The molecular formula is C13H11BrN2O3. The van der Waals surface area contributed by atoms with Crippen LogP contribution in [0.25, 0.3) is 11.3 Å². The minimum atomic E-state index is -1.11. The number of rotatable bonds is 3. The van der Waals surface area contributed by atoms with E-state index in [1.807, 2.05) is 6.07 Å². The summed E-state index contributed by atoms with van der Waals surface area (Å²) in [6.07, 6.45) is 1.33. The Morgan fingerprint density at radius 3 is 2.79 bits per heavy atom. The highest BCUT2D eigenvalue weighted by molar-refractivity contribution is 9.10. The molecule has 1 N–H and O–H groups in total. The van der Waals surface area contributed by atoms with Crippen molar-refractivity contribution in [3.05, 3.63) is 51.0 Å². The average molecular weight is 323 g/mol. The largest absolute Gasteiger partial charge is 0.478 e. The molecular weight excluding hydrogens is 312 g/mol. The molecule has 1 aromatic heterocycles. The molecule has 19 heavy (non-hydrogen) atoms. The van der Waals surface area contributed by atoms with Crippen molar-refractivity contribution in [1.29, 1.82) is 0 Å². The fraction of sp³-hybridized carbons (Fsp3) is 0.154. The first-order chi connectivity index (χ1) is 9.02. The van der Waals surface area contributed by atoms with Gasteiger partial charge in [0.2, 0.25) is 0 Å². The molecule has 0 aliphatic heterocycles. The number of benzene rings is 1. The maximum Gasteiger partial charge on any atom is 0.348 e. The molecule has 2 rings (SSSR count). The van der Waals surface area contributed by atoms with Gasteiger partial charge in [0.1, 0.15) is 5.56 Å². The summed E-state index contributed by atoms with van der Waals surface area (Å²) >= 11 is 3.31. The van der Waals surface area contributed by atoms with Crippen LogP contribution in [0.15, 0.2) is 39.7 Å². The van der Waals surface area contributed by atoms with Gasteiger partial charge in [-0.25, -0.2) is 9.59 Å². The molecule has 1 heterocycles. The lowest BCUT2D eigenvalue weighted by Gasteiger charge is -2.08. The molecule has 0 unspecified atom stereocenters. The summed E-state index contributed by atoms with van der Waals surface area (Å²) in [4.78, 5) is 26.9. The van der Waals surface area contributed by atoms with E-state index in [4.69, 9.17) is 0 Å². The molecule has 0 atom stereocenters. The Morgan fingerprint density at radius 1 is 1.47 bits per heavy atom. The molecule has 0 saturated heterocycles. The van der Waals surface area contributed by atoms with E-state index in [9.17, 15) is 14.7 Å². The van der Waals surface area contributed by atoms with E-state index in [-0.39, 0.29) is 11.3 Å². The average Bonchev–Trinajstić information content (AvgIpc) is 2.38. The smallest absolute Gasteiger partial charge is 0.348 e. The third-order valence-corrected chi connectivity index (χ3v) is 3.16. The van der Waals surface area contributed by atoms with Crippen LogP contribution in [0.1, 0.15) is 17.3 Å². The van der Waals surface area contributed by atoms with Crippen molar-refractivity contribution < 1.29 is 9.90 Å². The van der Waals surface area contributed by atoms with Crippen molar-refractivity contribution in [3.8, 4) is 11.3 Å². The minimum absolute atomic E-state index is 0.0135. The van der Waals surface area contributed by atoms with Crippen LogP contribution >= 0.6 is 15.9 Å². The Labute approximate surface area is 117 Å². The monoisotopic (exact) mass is 322 g/mol. The number of halogens is 1. The topological polar surface area (TPSA) is 72.2 Å². The molecule has 0 bridgehead atoms. The Kier molecular flexibility index (Phi) is 3.80. The Bertz CT molecular complexity index is 695. The van der Waals surface area contributed by atoms with E-state index in [1.165, 1.54) is 10.8 Å². The predicted molar refractivity (Wildman–Crippen MR) is 74.3 cm³/mol. The van der Waals surface area contributed by atoms with E-state index in [0.29, 0.717) is 12.1 Å². The van der Waals surface area contributed by atoms with Gasteiger partial charge in [0, 0.05) is 22.8 Å². The van der Waals surface area contributed by atoms with Crippen LogP contribution < -0.4 is 5.69 Å². The highest BCUT2D eigenvalue weighted by Gasteiger charge is 2.16. The van der Waals surface area contributed by atoms with Crippen LogP contribution in [-0.4, -0.2) is 20.6 Å². The molecule has 0 amide bonds. The zero-order valence-electron chi connectivity index (χ0n) is 10.1. The number of carbonyl (C=O) groups is 1. The Morgan fingerprint density at radius 2 is 2.21 bits per heavy atom. The zero-order chi connectivity index (χ0) is 14.0. The summed E-state index contributed by atoms with van der Waals surface area (Å²) in [6, 6.07) is 7.02. The van der Waals surface area contributed by atoms with Gasteiger partial charge in [0.15, 0.2) is 0 Å². The van der Waals surface area contributed by atoms with Gasteiger partial charge in [-0.1, -0.05) is 28.1 Å². The molecule has 98 valence electrons. The maximum atomic E-state index is 11.8. The van der Waals surface area contributed by atoms with Gasteiger partial charge < -0.3 is 5.11 Å². The van der Waals surface area contributed by atoms with Gasteiger partial charge in [-0.2, -0.15) is 4.98 Å². The number of carboxylic acids is 1. The molecule has 1 aromatic carbocycles. The van der Waals surface area contributed by atoms with Crippen LogP contribution in [0, 0.1) is 0 Å². The molecule has 0 saturated carbocycles. The summed E-state index contributed by atoms with van der Waals surface area (Å²) in [5.74, 6) is -1.11. The van der Waals surface area contributed by atoms with Crippen LogP contribution in [0.2, 0.25) is 0 Å². The summed E-state index contributed by atoms with van der Waals surface area (Å²) < 4.78 is 2.06. The Hall–Kier alpha value is -1.95. The van der Waals surface area contributed by atoms with E-state index in [0.717, 1.165) is 4.47 Å². The molecule has 2 aromatic rings. The maximum absolute atomic E-state index is 11.8. The highest BCUT2D eigenvalue weighted by atomic mass is 79.9. The summed E-state index contributed by atoms with van der Waals surface area (Å²) in [5, 5.41) is 9.24. The second kappa shape index (κ2) is 5.36. The van der Waals surface area contributed by atoms with Gasteiger partial charge in [0.25, 0.3) is 0 Å². The molecule has 0 radical (unpaired) electrons. The van der Waals surface area contributed by atoms with Gasteiger partial charge in [0.05, 0.1) is 5.69 Å². The molecule has 5 nitrogen and oxygen atoms in total. The van der Waals surface area contributed by atoms with Gasteiger partial charge in [-0.05, 0) is 19.1 Å². The molecule has 0 fully saturated rings. The van der Waals surface area contributed by atoms with Gasteiger partial charge in [-0.15, -0.1) is 0 Å². The first kappa shape index (κ1) is 13.5. The predicted octanol–water partition coefficient (Wildman–Crippen LogP) is 2.39. The van der Waals surface area contributed by atoms with Crippen LogP contribution in [0.3, 0.4) is 0 Å². The summed E-state index contributed by atoms with van der Waals surface area (Å²) in [5.41, 5.74) is 0.331. The number of hydrogen-bond donors (Lipinski definition) is 1.